The molecule has 19 nitrogen and oxygen atoms in total. The van der Waals surface area contributed by atoms with E-state index in [9.17, 15) is 28.2 Å². The first-order valence-corrected chi connectivity index (χ1v) is 25.1. The van der Waals surface area contributed by atoms with Crippen LogP contribution in [-0.4, -0.2) is 155 Å². The Labute approximate surface area is 422 Å². The maximum absolute atomic E-state index is 14.7. The molecule has 5 aliphatic heterocycles. The fourth-order valence-electron chi connectivity index (χ4n) is 9.11. The van der Waals surface area contributed by atoms with E-state index < -0.39 is 51.8 Å². The molecule has 0 spiro atoms. The van der Waals surface area contributed by atoms with E-state index in [1.807, 2.05) is 53.4 Å². The third-order valence-electron chi connectivity index (χ3n) is 13.0. The van der Waals surface area contributed by atoms with Gasteiger partial charge < -0.3 is 53.0 Å². The number of β-lactam (4-membered cyclic amide) rings is 1. The Morgan fingerprint density at radius 1 is 1.00 bits per heavy atom. The van der Waals surface area contributed by atoms with E-state index in [0.717, 1.165) is 16.0 Å². The molecule has 24 heteroatoms. The lowest BCUT2D eigenvalue weighted by Gasteiger charge is -2.50. The zero-order valence-electron chi connectivity index (χ0n) is 39.2. The van der Waals surface area contributed by atoms with Gasteiger partial charge in [-0.05, 0) is 61.4 Å². The van der Waals surface area contributed by atoms with Crippen LogP contribution in [0.4, 0.5) is 0 Å². The van der Waals surface area contributed by atoms with E-state index in [4.69, 9.17) is 53.1 Å². The predicted octanol–water partition coefficient (Wildman–Crippen LogP) is 2.96. The lowest BCUT2D eigenvalue weighted by atomic mass is 9.90. The van der Waals surface area contributed by atoms with Crippen molar-refractivity contribution in [2.45, 2.75) is 63.5 Å². The molecule has 71 heavy (non-hydrogen) atoms. The lowest BCUT2D eigenvalue weighted by molar-refractivity contribution is -0.924. The molecule has 3 amide bonds. The first-order valence-electron chi connectivity index (χ1n) is 22.5. The second kappa shape index (κ2) is 22.0. The number of oxime groups is 1. The third-order valence-corrected chi connectivity index (χ3v) is 15.8. The van der Waals surface area contributed by atoms with Crippen molar-refractivity contribution < 1.29 is 66.1 Å². The summed E-state index contributed by atoms with van der Waals surface area (Å²) in [6.07, 6.45) is -0.0419. The summed E-state index contributed by atoms with van der Waals surface area (Å²) in [4.78, 5) is 80.0. The molecule has 0 saturated carbocycles. The molecule has 3 radical (unpaired) electrons. The number of piperidine rings is 1. The highest BCUT2D eigenvalue weighted by molar-refractivity contribution is 7.86. The van der Waals surface area contributed by atoms with Gasteiger partial charge in [0.05, 0.1) is 72.5 Å². The number of aromatic nitrogens is 1. The Kier molecular flexibility index (Phi) is 15.9. The number of aryl methyl sites for hydroxylation is 1. The molecule has 4 aromatic rings. The van der Waals surface area contributed by atoms with E-state index in [0.29, 0.717) is 78.8 Å². The van der Waals surface area contributed by atoms with Crippen molar-refractivity contribution in [3.63, 3.8) is 0 Å². The van der Waals surface area contributed by atoms with E-state index >= 15 is 0 Å². The van der Waals surface area contributed by atoms with Gasteiger partial charge in [0, 0.05) is 29.8 Å². The van der Waals surface area contributed by atoms with Crippen molar-refractivity contribution >= 4 is 84.4 Å². The summed E-state index contributed by atoms with van der Waals surface area (Å²) < 4.78 is 42.4. The number of hydrogen-bond acceptors (Lipinski definition) is 16. The molecule has 9 rings (SSSR count). The number of quaternary nitrogens is 1. The maximum Gasteiger partial charge on any atom is 0.378 e. The zero-order chi connectivity index (χ0) is 50.6. The molecular weight excluding hydrogens is 978 g/mol. The molecule has 4 saturated heterocycles. The van der Waals surface area contributed by atoms with Crippen molar-refractivity contribution in [3.8, 4) is 23.0 Å². The second-order valence-electron chi connectivity index (χ2n) is 17.3. The number of hydrogen-bond donors (Lipinski definition) is 2. The van der Waals surface area contributed by atoms with Gasteiger partial charge in [-0.1, -0.05) is 41.0 Å². The average molecular weight is 1030 g/mol. The standard InChI is InChI=1S/C47H48B2ClN6O13S2/c1-26(42(57)49-62)69-53-38(35-24-70-27(2)51-35)43(58)52-39-45(60)55-40(47(61)68-48)30(25-71(63)46(39)55)21-56-18-15-31(16-19-56)54(17-20-56)44(59)34-13-14-36(66-22-28-5-9-32(64-3)10-6-28)41(37(34)50)67-23-29-7-11-33(65-4)12-8-29/h5-14,24,26,31,39,46,62H,15-23,25H2,1-4H3/p+1/b53-38-/t26-,31?,39+,46+,56?,71?/m0/s1. The largest absolute Gasteiger partial charge is 0.539 e. The Morgan fingerprint density at radius 2 is 1.65 bits per heavy atom. The normalized spacial score (nSPS) is 22.1. The highest BCUT2D eigenvalue weighted by Gasteiger charge is 2.58. The number of fused-ring (bicyclic) bond motifs is 5. The Morgan fingerprint density at radius 3 is 2.24 bits per heavy atom. The summed E-state index contributed by atoms with van der Waals surface area (Å²) in [5, 5.41) is 16.5. The Balaban J connectivity index is 0.994. The maximum atomic E-state index is 14.7. The molecule has 3 aromatic carbocycles. The van der Waals surface area contributed by atoms with Crippen LogP contribution < -0.4 is 24.3 Å². The van der Waals surface area contributed by atoms with Gasteiger partial charge >= 0.3 is 21.5 Å². The van der Waals surface area contributed by atoms with Crippen molar-refractivity contribution in [2.24, 2.45) is 5.16 Å². The van der Waals surface area contributed by atoms with Gasteiger partial charge in [0.1, 0.15) is 54.1 Å². The summed E-state index contributed by atoms with van der Waals surface area (Å²) in [5.41, 5.74) is 1.09. The molecule has 1 aromatic heterocycles. The minimum Gasteiger partial charge on any atom is -0.539 e. The van der Waals surface area contributed by atoms with E-state index in [-0.39, 0.29) is 70.9 Å². The first kappa shape index (κ1) is 51.1. The Bertz CT molecular complexity index is 2790. The molecule has 5 aliphatic rings. The summed E-state index contributed by atoms with van der Waals surface area (Å²) in [6, 6.07) is 16.6. The number of ether oxygens (including phenoxy) is 4. The number of halogens is 1. The number of methoxy groups -OCH3 is 2. The van der Waals surface area contributed by atoms with Crippen LogP contribution in [0.15, 0.2) is 82.5 Å². The van der Waals surface area contributed by atoms with Crippen LogP contribution in [0, 0.1) is 6.92 Å². The summed E-state index contributed by atoms with van der Waals surface area (Å²) in [7, 11) is 7.10. The van der Waals surface area contributed by atoms with E-state index in [2.05, 4.69) is 15.5 Å². The van der Waals surface area contributed by atoms with Gasteiger partial charge in [0.15, 0.2) is 29.0 Å². The van der Waals surface area contributed by atoms with Gasteiger partial charge in [-0.2, -0.15) is 0 Å². The SMILES string of the molecule is [B]OC(=O)C1=C(C[N+]23CCC(CC2)N(C(=O)c2ccc(OCc4ccc(OC)cc4)c(OCc4ccc(OC)cc4)c2Cl)CC3)CS(=O)[C@@H]2[C@H](NC(=O)/C(=N\O[C@@H](C)C(=O)[B]O)c3csc(C)n3)C(=O)N12. The van der Waals surface area contributed by atoms with Crippen LogP contribution in [-0.2, 0) is 52.7 Å². The van der Waals surface area contributed by atoms with Gasteiger partial charge in [-0.25, -0.2) is 9.78 Å². The fourth-order valence-corrected chi connectivity index (χ4v) is 11.7. The molecule has 2 N–H and O–H groups in total. The summed E-state index contributed by atoms with van der Waals surface area (Å²) in [6.45, 7) is 5.53. The smallest absolute Gasteiger partial charge is 0.378 e. The van der Waals surface area contributed by atoms with Crippen molar-refractivity contribution in [1.29, 1.82) is 0 Å². The summed E-state index contributed by atoms with van der Waals surface area (Å²) >= 11 is 8.34. The third kappa shape index (κ3) is 10.8. The second-order valence-corrected chi connectivity index (χ2v) is 20.3. The fraction of sp³-hybridized carbons (Fsp3) is 0.383. The van der Waals surface area contributed by atoms with Gasteiger partial charge in [0.25, 0.3) is 17.7 Å². The molecule has 6 heterocycles. The molecule has 4 fully saturated rings. The summed E-state index contributed by atoms with van der Waals surface area (Å²) in [5.74, 6) is -1.14. The predicted molar refractivity (Wildman–Crippen MR) is 261 cm³/mol. The number of amides is 3. The van der Waals surface area contributed by atoms with Crippen LogP contribution in [0.25, 0.3) is 0 Å². The van der Waals surface area contributed by atoms with Gasteiger partial charge in [0.2, 0.25) is 0 Å². The van der Waals surface area contributed by atoms with Crippen LogP contribution in [0.5, 0.6) is 23.0 Å². The topological polar surface area (TPSA) is 222 Å². The molecule has 369 valence electrons. The van der Waals surface area contributed by atoms with Crippen LogP contribution >= 0.6 is 22.9 Å². The minimum atomic E-state index is -1.83. The number of benzene rings is 3. The van der Waals surface area contributed by atoms with Crippen molar-refractivity contribution in [3.05, 3.63) is 110 Å². The van der Waals surface area contributed by atoms with E-state index in [1.54, 1.807) is 33.3 Å². The van der Waals surface area contributed by atoms with Gasteiger partial charge in [-0.15, -0.1) is 11.3 Å². The first-order chi connectivity index (χ1) is 34.2. The Hall–Kier alpha value is -6.26. The highest BCUT2D eigenvalue weighted by atomic mass is 35.5. The zero-order valence-corrected chi connectivity index (χ0v) is 41.6. The number of nitrogens with one attached hydrogen (secondary N) is 1. The highest BCUT2D eigenvalue weighted by Crippen LogP contribution is 2.42. The van der Waals surface area contributed by atoms with E-state index in [1.165, 1.54) is 23.6 Å². The van der Waals surface area contributed by atoms with Crippen molar-refractivity contribution in [1.82, 2.24) is 20.1 Å². The monoisotopic (exact) mass is 1030 g/mol. The molecule has 2 bridgehead atoms. The number of nitrogens with zero attached hydrogens (tertiary/aromatic N) is 5. The number of carbonyl (C=O) groups excluding carboxylic acids is 5. The van der Waals surface area contributed by atoms with Crippen LogP contribution in [0.1, 0.15) is 52.0 Å². The van der Waals surface area contributed by atoms with Crippen LogP contribution in [0.3, 0.4) is 0 Å². The average Bonchev–Trinajstić information content (AvgIpc) is 3.63. The lowest BCUT2D eigenvalue weighted by Crippen LogP contribution is -2.74. The molecule has 4 atom stereocenters. The van der Waals surface area contributed by atoms with Gasteiger partial charge in [-0.3, -0.25) is 23.5 Å². The minimum absolute atomic E-state index is 0.0860. The van der Waals surface area contributed by atoms with Crippen molar-refractivity contribution in [2.75, 3.05) is 52.7 Å². The number of rotatable bonds is 19. The molecule has 0 aliphatic carbocycles. The quantitative estimate of drug-likeness (QED) is 0.0454. The number of carbonyl (C=O) groups is 5. The number of thiazole rings is 1. The van der Waals surface area contributed by atoms with Crippen LogP contribution in [0.2, 0.25) is 5.02 Å². The molecular formula is C47H49B2ClN6O13S2+. The molecule has 1 unspecified atom stereocenters.